The number of carbonyl (C=O) groups excluding carboxylic acids is 1. The highest BCUT2D eigenvalue weighted by atomic mass is 32.1. The summed E-state index contributed by atoms with van der Waals surface area (Å²) in [6.07, 6.45) is 3.83. The first kappa shape index (κ1) is 17.0. The highest BCUT2D eigenvalue weighted by molar-refractivity contribution is 7.10. The maximum atomic E-state index is 12.6. The first-order valence-corrected chi connectivity index (χ1v) is 9.27. The van der Waals surface area contributed by atoms with Crippen LogP contribution < -0.4 is 5.32 Å². The zero-order valence-corrected chi connectivity index (χ0v) is 14.9. The van der Waals surface area contributed by atoms with Crippen LogP contribution >= 0.6 is 11.3 Å². The summed E-state index contributed by atoms with van der Waals surface area (Å²) in [5, 5.41) is 19.6. The van der Waals surface area contributed by atoms with Crippen LogP contribution in [-0.2, 0) is 0 Å². The zero-order valence-electron chi connectivity index (χ0n) is 14.1. The molecule has 24 heavy (non-hydrogen) atoms. The summed E-state index contributed by atoms with van der Waals surface area (Å²) in [7, 11) is 0. The van der Waals surface area contributed by atoms with Crippen LogP contribution in [-0.4, -0.2) is 38.4 Å². The second-order valence-corrected chi connectivity index (χ2v) is 7.44. The van der Waals surface area contributed by atoms with E-state index < -0.39 is 6.10 Å². The molecule has 1 fully saturated rings. The fourth-order valence-electron chi connectivity index (χ4n) is 3.08. The first-order chi connectivity index (χ1) is 11.5. The zero-order chi connectivity index (χ0) is 17.1. The molecule has 7 heteroatoms. The number of urea groups is 1. The van der Waals surface area contributed by atoms with E-state index >= 15 is 0 Å². The van der Waals surface area contributed by atoms with E-state index in [1.807, 2.05) is 53.2 Å². The van der Waals surface area contributed by atoms with Crippen LogP contribution in [0.2, 0.25) is 0 Å². The van der Waals surface area contributed by atoms with Crippen LogP contribution in [0.3, 0.4) is 0 Å². The summed E-state index contributed by atoms with van der Waals surface area (Å²) in [5.74, 6) is 0.568. The van der Waals surface area contributed by atoms with Gasteiger partial charge in [-0.2, -0.15) is 5.10 Å². The molecule has 0 bridgehead atoms. The number of nitrogens with zero attached hydrogens (tertiary/aromatic N) is 3. The molecule has 6 nitrogen and oxygen atoms in total. The lowest BCUT2D eigenvalue weighted by Gasteiger charge is -2.26. The average molecular weight is 348 g/mol. The van der Waals surface area contributed by atoms with Gasteiger partial charge in [0.1, 0.15) is 0 Å². The number of hydrogen-bond donors (Lipinski definition) is 2. The van der Waals surface area contributed by atoms with Gasteiger partial charge in [-0.1, -0.05) is 6.07 Å². The highest BCUT2D eigenvalue weighted by Crippen LogP contribution is 2.29. The number of anilines is 1. The summed E-state index contributed by atoms with van der Waals surface area (Å²) < 4.78 is 1.82. The molecule has 2 N–H and O–H groups in total. The fourth-order valence-corrected chi connectivity index (χ4v) is 3.80. The minimum absolute atomic E-state index is 0.0642. The van der Waals surface area contributed by atoms with Crippen molar-refractivity contribution in [1.82, 2.24) is 14.7 Å². The van der Waals surface area contributed by atoms with Crippen LogP contribution in [0.25, 0.3) is 0 Å². The van der Waals surface area contributed by atoms with Gasteiger partial charge in [0.25, 0.3) is 0 Å². The van der Waals surface area contributed by atoms with Crippen molar-refractivity contribution in [3.63, 3.8) is 0 Å². The van der Waals surface area contributed by atoms with Gasteiger partial charge in [-0.05, 0) is 44.6 Å². The number of aliphatic hydroxyl groups excluding tert-OH is 1. The molecule has 3 heterocycles. The summed E-state index contributed by atoms with van der Waals surface area (Å²) in [6, 6.07) is 5.87. The van der Waals surface area contributed by atoms with E-state index in [0.717, 1.165) is 24.3 Å². The third-order valence-electron chi connectivity index (χ3n) is 4.38. The Morgan fingerprint density at radius 2 is 2.33 bits per heavy atom. The monoisotopic (exact) mass is 348 g/mol. The van der Waals surface area contributed by atoms with E-state index in [1.54, 1.807) is 11.3 Å². The summed E-state index contributed by atoms with van der Waals surface area (Å²) in [6.45, 7) is 4.81. The standard InChI is InChI=1S/C17H24N4O2S/c1-12(2)21-9-7-16(19-21)18-17(23)20-8-3-5-13(20)11-14(22)15-6-4-10-24-15/h4,6-7,9-10,12-14,22H,3,5,8,11H2,1-2H3,(H,18,19,23). The summed E-state index contributed by atoms with van der Waals surface area (Å²) >= 11 is 1.55. The maximum Gasteiger partial charge on any atom is 0.323 e. The second kappa shape index (κ2) is 7.36. The molecular formula is C17H24N4O2S. The molecule has 2 aromatic rings. The maximum absolute atomic E-state index is 12.6. The number of hydrogen-bond acceptors (Lipinski definition) is 4. The van der Waals surface area contributed by atoms with Gasteiger partial charge in [-0.15, -0.1) is 11.3 Å². The van der Waals surface area contributed by atoms with Crippen LogP contribution in [0.15, 0.2) is 29.8 Å². The van der Waals surface area contributed by atoms with E-state index in [0.29, 0.717) is 12.2 Å². The number of aromatic nitrogens is 2. The number of nitrogens with one attached hydrogen (secondary N) is 1. The Labute approximate surface area is 146 Å². The Hall–Kier alpha value is -1.86. The number of thiophene rings is 1. The molecule has 1 saturated heterocycles. The van der Waals surface area contributed by atoms with Crippen molar-refractivity contribution in [2.24, 2.45) is 0 Å². The second-order valence-electron chi connectivity index (χ2n) is 6.46. The SMILES string of the molecule is CC(C)n1ccc(NC(=O)N2CCCC2CC(O)c2cccs2)n1. The molecule has 130 valence electrons. The predicted octanol–water partition coefficient (Wildman–Crippen LogP) is 3.65. The fraction of sp³-hybridized carbons (Fsp3) is 0.529. The lowest BCUT2D eigenvalue weighted by Crippen LogP contribution is -2.39. The Morgan fingerprint density at radius 3 is 3.00 bits per heavy atom. The largest absolute Gasteiger partial charge is 0.387 e. The van der Waals surface area contributed by atoms with Crippen molar-refractivity contribution in [2.75, 3.05) is 11.9 Å². The van der Waals surface area contributed by atoms with Crippen LogP contribution in [0.4, 0.5) is 10.6 Å². The van der Waals surface area contributed by atoms with E-state index in [9.17, 15) is 9.90 Å². The van der Waals surface area contributed by atoms with Gasteiger partial charge < -0.3 is 10.0 Å². The number of rotatable bonds is 5. The molecule has 2 aromatic heterocycles. The van der Waals surface area contributed by atoms with Crippen LogP contribution in [0, 0.1) is 0 Å². The smallest absolute Gasteiger partial charge is 0.323 e. The van der Waals surface area contributed by atoms with Gasteiger partial charge in [0.05, 0.1) is 6.10 Å². The van der Waals surface area contributed by atoms with Crippen molar-refractivity contribution in [3.8, 4) is 0 Å². The quantitative estimate of drug-likeness (QED) is 0.866. The number of likely N-dealkylation sites (tertiary alicyclic amines) is 1. The predicted molar refractivity (Wildman–Crippen MR) is 95.3 cm³/mol. The number of amides is 2. The molecule has 1 aliphatic heterocycles. The van der Waals surface area contributed by atoms with Gasteiger partial charge in [0, 0.05) is 35.8 Å². The molecule has 2 unspecified atom stereocenters. The van der Waals surface area contributed by atoms with E-state index in [2.05, 4.69) is 10.4 Å². The van der Waals surface area contributed by atoms with Crippen LogP contribution in [0.1, 0.15) is 50.1 Å². The third-order valence-corrected chi connectivity index (χ3v) is 5.35. The molecule has 1 aliphatic rings. The van der Waals surface area contributed by atoms with E-state index in [1.165, 1.54) is 0 Å². The van der Waals surface area contributed by atoms with Crippen molar-refractivity contribution in [2.45, 2.75) is 51.3 Å². The lowest BCUT2D eigenvalue weighted by atomic mass is 10.1. The molecule has 0 aromatic carbocycles. The molecule has 2 amide bonds. The molecule has 2 atom stereocenters. The van der Waals surface area contributed by atoms with Gasteiger partial charge in [0.2, 0.25) is 0 Å². The Balaban J connectivity index is 1.60. The van der Waals surface area contributed by atoms with Gasteiger partial charge in [0.15, 0.2) is 5.82 Å². The first-order valence-electron chi connectivity index (χ1n) is 8.39. The molecule has 0 aliphatic carbocycles. The minimum atomic E-state index is -0.511. The summed E-state index contributed by atoms with van der Waals surface area (Å²) in [5.41, 5.74) is 0. The number of carbonyl (C=O) groups is 1. The van der Waals surface area contributed by atoms with Gasteiger partial charge >= 0.3 is 6.03 Å². The topological polar surface area (TPSA) is 70.4 Å². The normalized spacial score (nSPS) is 19.0. The van der Waals surface area contributed by atoms with E-state index in [-0.39, 0.29) is 18.1 Å². The molecule has 0 spiro atoms. The molecular weight excluding hydrogens is 324 g/mol. The Morgan fingerprint density at radius 1 is 1.50 bits per heavy atom. The lowest BCUT2D eigenvalue weighted by molar-refractivity contribution is 0.132. The Bertz CT molecular complexity index is 668. The van der Waals surface area contributed by atoms with Crippen LogP contribution in [0.5, 0.6) is 0 Å². The Kier molecular flexibility index (Phi) is 5.20. The molecule has 0 radical (unpaired) electrons. The average Bonchev–Trinajstić information content (AvgIpc) is 3.28. The van der Waals surface area contributed by atoms with Crippen molar-refractivity contribution in [1.29, 1.82) is 0 Å². The van der Waals surface area contributed by atoms with Gasteiger partial charge in [-0.3, -0.25) is 10.00 Å². The molecule has 3 rings (SSSR count). The third kappa shape index (κ3) is 3.79. The van der Waals surface area contributed by atoms with Crippen molar-refractivity contribution >= 4 is 23.2 Å². The number of aliphatic hydroxyl groups is 1. The van der Waals surface area contributed by atoms with E-state index in [4.69, 9.17) is 0 Å². The summed E-state index contributed by atoms with van der Waals surface area (Å²) in [4.78, 5) is 15.3. The molecule has 0 saturated carbocycles. The highest BCUT2D eigenvalue weighted by Gasteiger charge is 2.31. The van der Waals surface area contributed by atoms with Crippen molar-refractivity contribution < 1.29 is 9.90 Å². The van der Waals surface area contributed by atoms with Crippen molar-refractivity contribution in [3.05, 3.63) is 34.7 Å². The van der Waals surface area contributed by atoms with Gasteiger partial charge in [-0.25, -0.2) is 4.79 Å². The minimum Gasteiger partial charge on any atom is -0.387 e.